The molecule has 0 aliphatic rings. The summed E-state index contributed by atoms with van der Waals surface area (Å²) in [6.45, 7) is 0. The first-order valence-corrected chi connectivity index (χ1v) is 19.8. The van der Waals surface area contributed by atoms with Crippen LogP contribution in [-0.2, 0) is 0 Å². The van der Waals surface area contributed by atoms with Crippen LogP contribution in [0.3, 0.4) is 0 Å². The molecule has 58 heavy (non-hydrogen) atoms. The number of ether oxygens (including phenoxy) is 4. The second-order valence-electron chi connectivity index (χ2n) is 12.8. The minimum atomic E-state index is 0.679. The van der Waals surface area contributed by atoms with E-state index in [0.29, 0.717) is 22.7 Å². The molecule has 0 aliphatic heterocycles. The first-order valence-electron chi connectivity index (χ1n) is 18.2. The third kappa shape index (κ3) is 11.9. The van der Waals surface area contributed by atoms with E-state index in [1.54, 1.807) is 35.7 Å². The standard InChI is InChI=1S/2C24H20N2O2S/c25-17-1-5-19(6-2-17)27-21-9-13-23(14-10-21)29-24-15-11-22(12-16-24)28-20-7-3-18(26)4-8-20;25-17-3-1-5-21(15-17)27-19-7-11-23(12-8-19)29-24-13-9-20(10-14-24)28-22-6-2-4-18(26)16-22/h2*1-16H,25-26H2. The number of benzene rings is 8. The van der Waals surface area contributed by atoms with Gasteiger partial charge < -0.3 is 41.9 Å². The van der Waals surface area contributed by atoms with Crippen molar-refractivity contribution in [2.24, 2.45) is 0 Å². The second kappa shape index (κ2) is 19.1. The Labute approximate surface area is 346 Å². The molecule has 0 radical (unpaired) electrons. The van der Waals surface area contributed by atoms with E-state index in [1.165, 1.54) is 0 Å². The smallest absolute Gasteiger partial charge is 0.129 e. The van der Waals surface area contributed by atoms with Crippen LogP contribution in [0.15, 0.2) is 214 Å². The number of nitrogens with two attached hydrogens (primary N) is 4. The largest absolute Gasteiger partial charge is 0.457 e. The summed E-state index contributed by atoms with van der Waals surface area (Å²) < 4.78 is 23.3. The van der Waals surface area contributed by atoms with Crippen LogP contribution in [0.4, 0.5) is 22.7 Å². The maximum absolute atomic E-state index is 5.83. The fourth-order valence-electron chi connectivity index (χ4n) is 5.35. The summed E-state index contributed by atoms with van der Waals surface area (Å²) in [6.07, 6.45) is 0. The molecule has 10 heteroatoms. The van der Waals surface area contributed by atoms with Crippen molar-refractivity contribution < 1.29 is 18.9 Å². The molecule has 0 amide bonds. The summed E-state index contributed by atoms with van der Waals surface area (Å²) in [5.74, 6) is 6.07. The van der Waals surface area contributed by atoms with Gasteiger partial charge in [-0.25, -0.2) is 0 Å². The molecule has 0 aliphatic carbocycles. The first-order chi connectivity index (χ1) is 28.3. The van der Waals surface area contributed by atoms with Crippen molar-refractivity contribution in [2.75, 3.05) is 22.9 Å². The number of rotatable bonds is 12. The predicted octanol–water partition coefficient (Wildman–Crippen LogP) is 13.2. The quantitative estimate of drug-likeness (QED) is 0.0882. The summed E-state index contributed by atoms with van der Waals surface area (Å²) in [7, 11) is 0. The Morgan fingerprint density at radius 3 is 0.741 bits per heavy atom. The van der Waals surface area contributed by atoms with Crippen LogP contribution in [0.2, 0.25) is 0 Å². The van der Waals surface area contributed by atoms with Gasteiger partial charge in [-0.2, -0.15) is 0 Å². The molecule has 0 saturated heterocycles. The van der Waals surface area contributed by atoms with E-state index < -0.39 is 0 Å². The minimum Gasteiger partial charge on any atom is -0.457 e. The van der Waals surface area contributed by atoms with Gasteiger partial charge in [-0.05, 0) is 170 Å². The number of hydrogen-bond donors (Lipinski definition) is 4. The third-order valence-electron chi connectivity index (χ3n) is 8.19. The lowest BCUT2D eigenvalue weighted by Gasteiger charge is -2.09. The lowest BCUT2D eigenvalue weighted by atomic mass is 10.3. The topological polar surface area (TPSA) is 141 Å². The molecular weight excluding hydrogens is 761 g/mol. The highest BCUT2D eigenvalue weighted by molar-refractivity contribution is 7.99. The van der Waals surface area contributed by atoms with Crippen LogP contribution in [0, 0.1) is 0 Å². The van der Waals surface area contributed by atoms with Crippen LogP contribution in [0.1, 0.15) is 0 Å². The molecular formula is C48H40N4O4S2. The second-order valence-corrected chi connectivity index (χ2v) is 15.1. The molecule has 8 N–H and O–H groups in total. The highest BCUT2D eigenvalue weighted by Crippen LogP contribution is 2.34. The molecule has 8 rings (SSSR count). The van der Waals surface area contributed by atoms with Gasteiger partial charge in [-0.1, -0.05) is 35.7 Å². The minimum absolute atomic E-state index is 0.679. The van der Waals surface area contributed by atoms with Crippen molar-refractivity contribution in [2.45, 2.75) is 19.6 Å². The molecule has 0 unspecified atom stereocenters. The van der Waals surface area contributed by atoms with Crippen molar-refractivity contribution >= 4 is 46.3 Å². The zero-order valence-corrected chi connectivity index (χ0v) is 32.9. The van der Waals surface area contributed by atoms with Crippen molar-refractivity contribution in [1.82, 2.24) is 0 Å². The summed E-state index contributed by atoms with van der Waals surface area (Å²) in [4.78, 5) is 4.49. The summed E-state index contributed by atoms with van der Waals surface area (Å²) >= 11 is 3.35. The van der Waals surface area contributed by atoms with Gasteiger partial charge in [0.05, 0.1) is 0 Å². The Balaban J connectivity index is 0.000000177. The SMILES string of the molecule is Nc1ccc(Oc2ccc(Sc3ccc(Oc4ccc(N)cc4)cc3)cc2)cc1.Nc1cccc(Oc2ccc(Sc3ccc(Oc4cccc(N)c4)cc3)cc2)c1. The van der Waals surface area contributed by atoms with E-state index >= 15 is 0 Å². The normalized spacial score (nSPS) is 10.5. The Kier molecular flexibility index (Phi) is 12.9. The summed E-state index contributed by atoms with van der Waals surface area (Å²) in [6, 6.07) is 61.3. The van der Waals surface area contributed by atoms with Gasteiger partial charge in [-0.3, -0.25) is 0 Å². The molecule has 0 bridgehead atoms. The van der Waals surface area contributed by atoms with Gasteiger partial charge in [-0.15, -0.1) is 0 Å². The highest BCUT2D eigenvalue weighted by Gasteiger charge is 2.05. The average Bonchev–Trinajstić information content (AvgIpc) is 3.23. The molecule has 0 saturated carbocycles. The molecule has 8 aromatic carbocycles. The Hall–Kier alpha value is -7.14. The van der Waals surface area contributed by atoms with Gasteiger partial charge in [0, 0.05) is 54.5 Å². The Bertz CT molecular complexity index is 2340. The van der Waals surface area contributed by atoms with E-state index in [0.717, 1.165) is 65.6 Å². The molecule has 0 spiro atoms. The van der Waals surface area contributed by atoms with Crippen molar-refractivity contribution in [3.05, 3.63) is 194 Å². The zero-order chi connectivity index (χ0) is 40.1. The summed E-state index contributed by atoms with van der Waals surface area (Å²) in [5.41, 5.74) is 25.8. The van der Waals surface area contributed by atoms with E-state index in [2.05, 4.69) is 0 Å². The Morgan fingerprint density at radius 2 is 0.483 bits per heavy atom. The number of hydrogen-bond acceptors (Lipinski definition) is 10. The molecule has 0 atom stereocenters. The molecule has 0 fully saturated rings. The zero-order valence-electron chi connectivity index (χ0n) is 31.2. The maximum atomic E-state index is 5.83. The van der Waals surface area contributed by atoms with Crippen LogP contribution >= 0.6 is 23.5 Å². The van der Waals surface area contributed by atoms with Gasteiger partial charge in [0.2, 0.25) is 0 Å². The molecule has 0 heterocycles. The summed E-state index contributed by atoms with van der Waals surface area (Å²) in [5, 5.41) is 0. The highest BCUT2D eigenvalue weighted by atomic mass is 32.2. The molecule has 288 valence electrons. The van der Waals surface area contributed by atoms with E-state index in [4.69, 9.17) is 41.9 Å². The first kappa shape index (κ1) is 39.1. The van der Waals surface area contributed by atoms with Crippen LogP contribution < -0.4 is 41.9 Å². The number of anilines is 4. The van der Waals surface area contributed by atoms with Crippen LogP contribution in [0.5, 0.6) is 46.0 Å². The van der Waals surface area contributed by atoms with Crippen LogP contribution in [0.25, 0.3) is 0 Å². The van der Waals surface area contributed by atoms with Crippen molar-refractivity contribution in [1.29, 1.82) is 0 Å². The van der Waals surface area contributed by atoms with Gasteiger partial charge in [0.15, 0.2) is 0 Å². The van der Waals surface area contributed by atoms with E-state index in [9.17, 15) is 0 Å². The maximum Gasteiger partial charge on any atom is 0.129 e. The molecule has 0 aromatic heterocycles. The molecule has 8 nitrogen and oxygen atoms in total. The third-order valence-corrected chi connectivity index (χ3v) is 10.2. The van der Waals surface area contributed by atoms with Gasteiger partial charge in [0.1, 0.15) is 46.0 Å². The van der Waals surface area contributed by atoms with Crippen LogP contribution in [-0.4, -0.2) is 0 Å². The van der Waals surface area contributed by atoms with Crippen molar-refractivity contribution in [3.8, 4) is 46.0 Å². The fraction of sp³-hybridized carbons (Fsp3) is 0. The van der Waals surface area contributed by atoms with E-state index in [-0.39, 0.29) is 0 Å². The predicted molar refractivity (Wildman–Crippen MR) is 238 cm³/mol. The fourth-order valence-corrected chi connectivity index (χ4v) is 6.98. The lowest BCUT2D eigenvalue weighted by Crippen LogP contribution is -1.88. The monoisotopic (exact) mass is 800 g/mol. The van der Waals surface area contributed by atoms with E-state index in [1.807, 2.05) is 182 Å². The van der Waals surface area contributed by atoms with Gasteiger partial charge in [0.25, 0.3) is 0 Å². The average molecular weight is 801 g/mol. The van der Waals surface area contributed by atoms with Gasteiger partial charge >= 0.3 is 0 Å². The Morgan fingerprint density at radius 1 is 0.241 bits per heavy atom. The van der Waals surface area contributed by atoms with Crippen molar-refractivity contribution in [3.63, 3.8) is 0 Å². The number of nitrogen functional groups attached to an aromatic ring is 4. The lowest BCUT2D eigenvalue weighted by molar-refractivity contribution is 0.482. The molecule has 8 aromatic rings.